The first-order valence-corrected chi connectivity index (χ1v) is 5.96. The summed E-state index contributed by atoms with van der Waals surface area (Å²) in [7, 11) is 0. The quantitative estimate of drug-likeness (QED) is 0.728. The molecule has 0 radical (unpaired) electrons. The van der Waals surface area contributed by atoms with Crippen molar-refractivity contribution in [1.82, 2.24) is 9.97 Å². The summed E-state index contributed by atoms with van der Waals surface area (Å²) in [4.78, 5) is 8.34. The van der Waals surface area contributed by atoms with Crippen LogP contribution in [0.3, 0.4) is 0 Å². The maximum absolute atomic E-state index is 5.68. The standard InChI is InChI=1S/C12H23N5/c1-9(13)5-6-14-10-7-11(16-8-15-10)17-12(2,3)4/h7-9H,5-6,13H2,1-4H3,(H2,14,15,16,17). The molecule has 0 aliphatic rings. The molecule has 1 aromatic heterocycles. The van der Waals surface area contributed by atoms with E-state index in [0.717, 1.165) is 24.6 Å². The van der Waals surface area contributed by atoms with Gasteiger partial charge >= 0.3 is 0 Å². The molecule has 0 amide bonds. The Bertz CT molecular complexity index is 343. The fraction of sp³-hybridized carbons (Fsp3) is 0.667. The van der Waals surface area contributed by atoms with Crippen LogP contribution in [-0.4, -0.2) is 28.1 Å². The van der Waals surface area contributed by atoms with Gasteiger partial charge in [0, 0.05) is 24.2 Å². The van der Waals surface area contributed by atoms with Gasteiger partial charge in [0.2, 0.25) is 0 Å². The summed E-state index contributed by atoms with van der Waals surface area (Å²) < 4.78 is 0. The molecule has 0 spiro atoms. The second kappa shape index (κ2) is 5.82. The van der Waals surface area contributed by atoms with Gasteiger partial charge in [-0.1, -0.05) is 0 Å². The Kier molecular flexibility index (Phi) is 4.69. The van der Waals surface area contributed by atoms with Crippen molar-refractivity contribution in [2.75, 3.05) is 17.2 Å². The van der Waals surface area contributed by atoms with Crippen LogP contribution in [0.4, 0.5) is 11.6 Å². The summed E-state index contributed by atoms with van der Waals surface area (Å²) >= 11 is 0. The normalized spacial score (nSPS) is 13.2. The molecule has 0 fully saturated rings. The van der Waals surface area contributed by atoms with Crippen LogP contribution in [-0.2, 0) is 0 Å². The number of rotatable bonds is 5. The van der Waals surface area contributed by atoms with Gasteiger partial charge in [0.25, 0.3) is 0 Å². The Labute approximate surface area is 103 Å². The Morgan fingerprint density at radius 1 is 1.29 bits per heavy atom. The third kappa shape index (κ3) is 6.06. The largest absolute Gasteiger partial charge is 0.370 e. The van der Waals surface area contributed by atoms with Gasteiger partial charge in [-0.2, -0.15) is 0 Å². The summed E-state index contributed by atoms with van der Waals surface area (Å²) in [5.41, 5.74) is 5.68. The van der Waals surface area contributed by atoms with E-state index < -0.39 is 0 Å². The lowest BCUT2D eigenvalue weighted by Crippen LogP contribution is -2.26. The first-order chi connectivity index (χ1) is 7.87. The highest BCUT2D eigenvalue weighted by Gasteiger charge is 2.10. The molecule has 96 valence electrons. The zero-order valence-electron chi connectivity index (χ0n) is 11.1. The maximum atomic E-state index is 5.68. The van der Waals surface area contributed by atoms with E-state index in [-0.39, 0.29) is 11.6 Å². The molecule has 1 unspecified atom stereocenters. The van der Waals surface area contributed by atoms with Crippen molar-refractivity contribution >= 4 is 11.6 Å². The highest BCUT2D eigenvalue weighted by Crippen LogP contribution is 2.14. The van der Waals surface area contributed by atoms with Crippen molar-refractivity contribution in [3.63, 3.8) is 0 Å². The Morgan fingerprint density at radius 3 is 2.53 bits per heavy atom. The fourth-order valence-electron chi connectivity index (χ4n) is 1.33. The topological polar surface area (TPSA) is 75.9 Å². The lowest BCUT2D eigenvalue weighted by Gasteiger charge is -2.21. The lowest BCUT2D eigenvalue weighted by atomic mass is 10.1. The number of nitrogens with two attached hydrogens (primary N) is 1. The zero-order chi connectivity index (χ0) is 12.9. The van der Waals surface area contributed by atoms with Crippen LogP contribution in [0, 0.1) is 0 Å². The summed E-state index contributed by atoms with van der Waals surface area (Å²) in [6.07, 6.45) is 2.48. The minimum absolute atomic E-state index is 0.00258. The van der Waals surface area contributed by atoms with Crippen molar-refractivity contribution in [1.29, 1.82) is 0 Å². The summed E-state index contributed by atoms with van der Waals surface area (Å²) in [6.45, 7) is 9.10. The highest BCUT2D eigenvalue weighted by atomic mass is 15.1. The molecule has 0 aliphatic heterocycles. The number of nitrogens with one attached hydrogen (secondary N) is 2. The second-order valence-electron chi connectivity index (χ2n) is 5.36. The SMILES string of the molecule is CC(N)CCNc1cc(NC(C)(C)C)ncn1. The zero-order valence-corrected chi connectivity index (χ0v) is 11.1. The van der Waals surface area contributed by atoms with E-state index in [0.29, 0.717) is 0 Å². The third-order valence-electron chi connectivity index (χ3n) is 2.08. The molecule has 17 heavy (non-hydrogen) atoms. The van der Waals surface area contributed by atoms with Crippen LogP contribution in [0.15, 0.2) is 12.4 Å². The van der Waals surface area contributed by atoms with E-state index in [1.807, 2.05) is 13.0 Å². The maximum Gasteiger partial charge on any atom is 0.131 e. The molecule has 0 bridgehead atoms. The van der Waals surface area contributed by atoms with Crippen LogP contribution < -0.4 is 16.4 Å². The highest BCUT2D eigenvalue weighted by molar-refractivity contribution is 5.47. The molecule has 1 heterocycles. The van der Waals surface area contributed by atoms with Crippen molar-refractivity contribution in [3.05, 3.63) is 12.4 Å². The molecule has 5 nitrogen and oxygen atoms in total. The van der Waals surface area contributed by atoms with Gasteiger partial charge in [-0.25, -0.2) is 9.97 Å². The molecule has 0 saturated carbocycles. The van der Waals surface area contributed by atoms with Gasteiger partial charge in [0.05, 0.1) is 0 Å². The van der Waals surface area contributed by atoms with Crippen molar-refractivity contribution in [3.8, 4) is 0 Å². The van der Waals surface area contributed by atoms with Gasteiger partial charge in [-0.3, -0.25) is 0 Å². The van der Waals surface area contributed by atoms with Crippen molar-refractivity contribution in [2.24, 2.45) is 5.73 Å². The molecule has 4 N–H and O–H groups in total. The van der Waals surface area contributed by atoms with Gasteiger partial charge < -0.3 is 16.4 Å². The van der Waals surface area contributed by atoms with E-state index in [9.17, 15) is 0 Å². The smallest absolute Gasteiger partial charge is 0.131 e. The number of hydrogen-bond acceptors (Lipinski definition) is 5. The Hall–Kier alpha value is -1.36. The summed E-state index contributed by atoms with van der Waals surface area (Å²) in [5, 5.41) is 6.54. The van der Waals surface area contributed by atoms with Crippen molar-refractivity contribution in [2.45, 2.75) is 45.7 Å². The first kappa shape index (κ1) is 13.7. The van der Waals surface area contributed by atoms with E-state index in [2.05, 4.69) is 41.4 Å². The average Bonchev–Trinajstić information content (AvgIpc) is 2.14. The Morgan fingerprint density at radius 2 is 1.94 bits per heavy atom. The van der Waals surface area contributed by atoms with Crippen LogP contribution in [0.2, 0.25) is 0 Å². The molecule has 5 heteroatoms. The molecule has 0 aromatic carbocycles. The summed E-state index contributed by atoms with van der Waals surface area (Å²) in [6, 6.07) is 2.11. The van der Waals surface area contributed by atoms with E-state index >= 15 is 0 Å². The molecule has 1 aromatic rings. The molecular weight excluding hydrogens is 214 g/mol. The van der Waals surface area contributed by atoms with Crippen LogP contribution >= 0.6 is 0 Å². The fourth-order valence-corrected chi connectivity index (χ4v) is 1.33. The van der Waals surface area contributed by atoms with E-state index in [1.165, 1.54) is 0 Å². The van der Waals surface area contributed by atoms with Gasteiger partial charge in [-0.05, 0) is 34.1 Å². The monoisotopic (exact) mass is 237 g/mol. The minimum atomic E-state index is -0.00258. The predicted molar refractivity (Wildman–Crippen MR) is 72.2 cm³/mol. The second-order valence-corrected chi connectivity index (χ2v) is 5.36. The van der Waals surface area contributed by atoms with Gasteiger partial charge in [-0.15, -0.1) is 0 Å². The number of hydrogen-bond donors (Lipinski definition) is 3. The lowest BCUT2D eigenvalue weighted by molar-refractivity contribution is 0.630. The first-order valence-electron chi connectivity index (χ1n) is 5.96. The van der Waals surface area contributed by atoms with Crippen molar-refractivity contribution < 1.29 is 0 Å². The molecule has 1 rings (SSSR count). The van der Waals surface area contributed by atoms with Crippen LogP contribution in [0.1, 0.15) is 34.1 Å². The van der Waals surface area contributed by atoms with Gasteiger partial charge in [0.15, 0.2) is 0 Å². The van der Waals surface area contributed by atoms with Gasteiger partial charge in [0.1, 0.15) is 18.0 Å². The Balaban J connectivity index is 2.54. The molecule has 1 atom stereocenters. The van der Waals surface area contributed by atoms with E-state index in [1.54, 1.807) is 6.33 Å². The van der Waals surface area contributed by atoms with E-state index in [4.69, 9.17) is 5.73 Å². The molecular formula is C12H23N5. The minimum Gasteiger partial charge on any atom is -0.370 e. The third-order valence-corrected chi connectivity index (χ3v) is 2.08. The molecule has 0 saturated heterocycles. The van der Waals surface area contributed by atoms with Crippen LogP contribution in [0.5, 0.6) is 0 Å². The number of nitrogens with zero attached hydrogens (tertiary/aromatic N) is 2. The predicted octanol–water partition coefficient (Wildman–Crippen LogP) is 1.84. The summed E-state index contributed by atoms with van der Waals surface area (Å²) in [5.74, 6) is 1.66. The number of anilines is 2. The van der Waals surface area contributed by atoms with Crippen LogP contribution in [0.25, 0.3) is 0 Å². The molecule has 0 aliphatic carbocycles. The number of aromatic nitrogens is 2. The average molecular weight is 237 g/mol.